The van der Waals surface area contributed by atoms with E-state index in [0.29, 0.717) is 15.7 Å². The van der Waals surface area contributed by atoms with Crippen LogP contribution in [0.1, 0.15) is 34.3 Å². The first-order valence-corrected chi connectivity index (χ1v) is 10.5. The van der Waals surface area contributed by atoms with Crippen molar-refractivity contribution >= 4 is 51.5 Å². The van der Waals surface area contributed by atoms with Crippen LogP contribution in [0.25, 0.3) is 11.0 Å². The molecule has 3 aromatic rings. The van der Waals surface area contributed by atoms with Gasteiger partial charge in [0.1, 0.15) is 11.1 Å². The molecule has 2 aliphatic heterocycles. The van der Waals surface area contributed by atoms with E-state index in [-0.39, 0.29) is 11.1 Å². The molecular formula is C22H19Cl2N3O2. The van der Waals surface area contributed by atoms with Gasteiger partial charge in [0, 0.05) is 35.4 Å². The quantitative estimate of drug-likeness (QED) is 0.592. The average molecular weight is 428 g/mol. The maximum Gasteiger partial charge on any atom is 0.261 e. The van der Waals surface area contributed by atoms with Crippen molar-refractivity contribution in [3.8, 4) is 0 Å². The lowest BCUT2D eigenvalue weighted by Gasteiger charge is -2.37. The Labute approximate surface area is 177 Å². The fourth-order valence-corrected chi connectivity index (χ4v) is 4.70. The monoisotopic (exact) mass is 427 g/mol. The van der Waals surface area contributed by atoms with Gasteiger partial charge in [-0.15, -0.1) is 0 Å². The molecule has 0 unspecified atom stereocenters. The Kier molecular flexibility index (Phi) is 4.52. The Balaban J connectivity index is 1.58. The maximum atomic E-state index is 12.8. The van der Waals surface area contributed by atoms with Crippen molar-refractivity contribution in [1.82, 2.24) is 0 Å². The minimum absolute atomic E-state index is 0.140. The van der Waals surface area contributed by atoms with Gasteiger partial charge in [-0.05, 0) is 61.6 Å². The lowest BCUT2D eigenvalue weighted by Crippen LogP contribution is -2.34. The Morgan fingerprint density at radius 3 is 2.66 bits per heavy atom. The first kappa shape index (κ1) is 18.5. The summed E-state index contributed by atoms with van der Waals surface area (Å²) >= 11 is 12.0. The van der Waals surface area contributed by atoms with E-state index >= 15 is 0 Å². The predicted octanol–water partition coefficient (Wildman–Crippen LogP) is 5.17. The zero-order valence-corrected chi connectivity index (χ0v) is 17.2. The highest BCUT2D eigenvalue weighted by molar-refractivity contribution is 6.42. The molecule has 0 fully saturated rings. The molecule has 29 heavy (non-hydrogen) atoms. The number of amides is 1. The Bertz CT molecular complexity index is 1220. The molecule has 2 aromatic carbocycles. The van der Waals surface area contributed by atoms with Gasteiger partial charge in [0.15, 0.2) is 0 Å². The van der Waals surface area contributed by atoms with E-state index in [2.05, 4.69) is 16.3 Å². The second-order valence-corrected chi connectivity index (χ2v) is 8.36. The van der Waals surface area contributed by atoms with Gasteiger partial charge in [-0.2, -0.15) is 0 Å². The predicted molar refractivity (Wildman–Crippen MR) is 115 cm³/mol. The first-order valence-electron chi connectivity index (χ1n) is 9.70. The highest BCUT2D eigenvalue weighted by Gasteiger charge is 2.27. The summed E-state index contributed by atoms with van der Waals surface area (Å²) in [6, 6.07) is 8.75. The molecule has 0 aliphatic carbocycles. The smallest absolute Gasteiger partial charge is 0.261 e. The molecule has 2 N–H and O–H groups in total. The molecule has 0 radical (unpaired) electrons. The van der Waals surface area contributed by atoms with E-state index < -0.39 is 5.91 Å². The number of carbonyl (C=O) groups is 1. The molecule has 3 heterocycles. The Morgan fingerprint density at radius 2 is 1.86 bits per heavy atom. The minimum Gasteiger partial charge on any atom is -0.438 e. The molecule has 2 aliphatic rings. The van der Waals surface area contributed by atoms with Crippen molar-refractivity contribution in [3.05, 3.63) is 62.6 Å². The molecule has 0 saturated heterocycles. The number of nitrogens with one attached hydrogen (secondary N) is 2. The van der Waals surface area contributed by atoms with E-state index in [1.165, 1.54) is 16.8 Å². The molecule has 1 aromatic heterocycles. The summed E-state index contributed by atoms with van der Waals surface area (Å²) in [5.41, 5.74) is 5.06. The number of nitrogens with zero attached hydrogens (tertiary/aromatic N) is 1. The summed E-state index contributed by atoms with van der Waals surface area (Å²) < 4.78 is 5.90. The van der Waals surface area contributed by atoms with Crippen LogP contribution in [0, 0.1) is 5.41 Å². The van der Waals surface area contributed by atoms with Crippen LogP contribution >= 0.6 is 23.2 Å². The van der Waals surface area contributed by atoms with E-state index in [1.807, 2.05) is 0 Å². The molecule has 0 atom stereocenters. The number of rotatable bonds is 2. The third-order valence-corrected chi connectivity index (χ3v) is 6.41. The molecule has 1 amide bonds. The third kappa shape index (κ3) is 3.18. The van der Waals surface area contributed by atoms with Gasteiger partial charge >= 0.3 is 0 Å². The number of halogens is 2. The van der Waals surface area contributed by atoms with Crippen molar-refractivity contribution in [1.29, 1.82) is 5.41 Å². The number of anilines is 2. The second-order valence-electron chi connectivity index (χ2n) is 7.55. The summed E-state index contributed by atoms with van der Waals surface area (Å²) in [5.74, 6) is -0.410. The van der Waals surface area contributed by atoms with Crippen molar-refractivity contribution in [3.63, 3.8) is 0 Å². The van der Waals surface area contributed by atoms with E-state index in [4.69, 9.17) is 33.0 Å². The normalized spacial score (nSPS) is 15.3. The van der Waals surface area contributed by atoms with Gasteiger partial charge in [0.05, 0.1) is 10.0 Å². The largest absolute Gasteiger partial charge is 0.438 e. The number of hydrogen-bond donors (Lipinski definition) is 2. The second kappa shape index (κ2) is 7.08. The third-order valence-electron chi connectivity index (χ3n) is 5.67. The maximum absolute atomic E-state index is 12.8. The van der Waals surface area contributed by atoms with Gasteiger partial charge < -0.3 is 14.6 Å². The van der Waals surface area contributed by atoms with E-state index in [9.17, 15) is 4.79 Å². The summed E-state index contributed by atoms with van der Waals surface area (Å²) in [6.07, 6.45) is 4.18. The van der Waals surface area contributed by atoms with Crippen LogP contribution in [0.4, 0.5) is 11.4 Å². The van der Waals surface area contributed by atoms with Crippen molar-refractivity contribution in [2.75, 3.05) is 23.3 Å². The van der Waals surface area contributed by atoms with Gasteiger partial charge in [-0.25, -0.2) is 0 Å². The Morgan fingerprint density at radius 1 is 1.07 bits per heavy atom. The molecule has 148 valence electrons. The molecule has 0 bridgehead atoms. The number of benzene rings is 2. The van der Waals surface area contributed by atoms with Crippen LogP contribution in [-0.4, -0.2) is 19.0 Å². The van der Waals surface area contributed by atoms with E-state index in [0.717, 1.165) is 49.7 Å². The minimum atomic E-state index is -0.410. The number of fused-ring (bicyclic) bond motifs is 2. The fourth-order valence-electron chi connectivity index (χ4n) is 4.40. The van der Waals surface area contributed by atoms with Crippen molar-refractivity contribution < 1.29 is 9.21 Å². The zero-order valence-electron chi connectivity index (χ0n) is 15.6. The lowest BCUT2D eigenvalue weighted by molar-refractivity contribution is 0.102. The number of aryl methyl sites for hydroxylation is 2. The standard InChI is InChI=1S/C22H19Cl2N3O2/c23-17-6-5-14(11-18(17)24)26-22(28)16-10-13-9-12-3-1-7-27-8-2-4-15(19(12)27)20(13)29-21(16)25/h5-6,9-11,25H,1-4,7-8H2,(H,26,28). The summed E-state index contributed by atoms with van der Waals surface area (Å²) in [6.45, 7) is 2.15. The van der Waals surface area contributed by atoms with Gasteiger partial charge in [0.2, 0.25) is 5.55 Å². The van der Waals surface area contributed by atoms with Gasteiger partial charge in [-0.1, -0.05) is 23.2 Å². The highest BCUT2D eigenvalue weighted by atomic mass is 35.5. The fraction of sp³-hybridized carbons (Fsp3) is 0.273. The van der Waals surface area contributed by atoms with E-state index in [1.54, 1.807) is 24.3 Å². The number of carbonyl (C=O) groups excluding carboxylic acids is 1. The summed E-state index contributed by atoms with van der Waals surface area (Å²) in [4.78, 5) is 15.2. The van der Waals surface area contributed by atoms with Crippen molar-refractivity contribution in [2.45, 2.75) is 25.7 Å². The SMILES string of the molecule is N=c1oc2c3c4c(cc2cc1C(=O)Nc1ccc(Cl)c(Cl)c1)CCCN4CCC3. The zero-order chi connectivity index (χ0) is 20.1. The first-order chi connectivity index (χ1) is 14.0. The van der Waals surface area contributed by atoms with Crippen LogP contribution in [0.2, 0.25) is 10.0 Å². The van der Waals surface area contributed by atoms with Crippen LogP contribution in [-0.2, 0) is 12.8 Å². The molecule has 5 nitrogen and oxygen atoms in total. The van der Waals surface area contributed by atoms with Crippen LogP contribution in [0.5, 0.6) is 0 Å². The average Bonchev–Trinajstić information content (AvgIpc) is 2.71. The van der Waals surface area contributed by atoms with Crippen molar-refractivity contribution in [2.24, 2.45) is 0 Å². The molecule has 0 saturated carbocycles. The molecule has 7 heteroatoms. The summed E-state index contributed by atoms with van der Waals surface area (Å²) in [7, 11) is 0. The van der Waals surface area contributed by atoms with Crippen LogP contribution < -0.4 is 15.8 Å². The van der Waals surface area contributed by atoms with Crippen LogP contribution in [0.15, 0.2) is 34.7 Å². The van der Waals surface area contributed by atoms with Gasteiger partial charge in [0.25, 0.3) is 5.91 Å². The highest BCUT2D eigenvalue weighted by Crippen LogP contribution is 2.39. The number of hydrogen-bond acceptors (Lipinski definition) is 4. The topological polar surface area (TPSA) is 69.3 Å². The molecular weight excluding hydrogens is 409 g/mol. The summed E-state index contributed by atoms with van der Waals surface area (Å²) in [5, 5.41) is 12.7. The molecule has 0 spiro atoms. The Hall–Kier alpha value is -2.50. The van der Waals surface area contributed by atoms with Crippen LogP contribution in [0.3, 0.4) is 0 Å². The van der Waals surface area contributed by atoms with Gasteiger partial charge in [-0.3, -0.25) is 10.2 Å². The molecule has 5 rings (SSSR count). The lowest BCUT2D eigenvalue weighted by atomic mass is 9.90.